The maximum atomic E-state index is 6.51. The molecule has 0 aliphatic carbocycles. The van der Waals surface area contributed by atoms with Crippen LogP contribution in [-0.2, 0) is 42.2 Å². The van der Waals surface area contributed by atoms with E-state index in [9.17, 15) is 0 Å². The standard InChI is InChI=1S/C25H33O2.Y/c1-7-21-10-11-26-25(24(21)22-9-8-18(4)19(5)15-22)27-20(6)23-13-16(2)12-17(3)14-23;/h8-9,12-15,20-21,24-25H,1,7,10-11H2,2-6H3;/q-1;. The zero-order valence-corrected chi connectivity index (χ0v) is 20.8. The van der Waals surface area contributed by atoms with Crippen molar-refractivity contribution in [2.75, 3.05) is 6.61 Å². The van der Waals surface area contributed by atoms with Gasteiger partial charge in [-0.15, -0.1) is 0 Å². The van der Waals surface area contributed by atoms with Crippen molar-refractivity contribution in [2.24, 2.45) is 5.92 Å². The molecule has 4 atom stereocenters. The van der Waals surface area contributed by atoms with Crippen molar-refractivity contribution in [1.29, 1.82) is 0 Å². The second-order valence-electron chi connectivity index (χ2n) is 8.15. The van der Waals surface area contributed by atoms with Gasteiger partial charge < -0.3 is 16.4 Å². The summed E-state index contributed by atoms with van der Waals surface area (Å²) in [6.45, 7) is 15.7. The van der Waals surface area contributed by atoms with Crippen molar-refractivity contribution < 1.29 is 42.2 Å². The zero-order valence-electron chi connectivity index (χ0n) is 18.0. The maximum Gasteiger partial charge on any atom is 0.165 e. The molecule has 1 heterocycles. The minimum atomic E-state index is -0.233. The molecule has 1 radical (unpaired) electrons. The molecule has 3 heteroatoms. The van der Waals surface area contributed by atoms with Gasteiger partial charge in [0.05, 0.1) is 6.10 Å². The first-order valence-electron chi connectivity index (χ1n) is 10.1. The summed E-state index contributed by atoms with van der Waals surface area (Å²) in [5.74, 6) is 0.709. The summed E-state index contributed by atoms with van der Waals surface area (Å²) < 4.78 is 12.7. The molecule has 0 N–H and O–H groups in total. The quantitative estimate of drug-likeness (QED) is 0.489. The van der Waals surface area contributed by atoms with Gasteiger partial charge in [-0.2, -0.15) is 6.42 Å². The SMILES string of the molecule is [CH2-]CC1CCOC(OC(C)c2cc(C)cc(C)c2)C1c1ccc(C)c(C)c1.[Y]. The predicted octanol–water partition coefficient (Wildman–Crippen LogP) is 6.37. The first-order valence-corrected chi connectivity index (χ1v) is 10.1. The summed E-state index contributed by atoms with van der Waals surface area (Å²) in [5.41, 5.74) is 7.71. The molecule has 1 aliphatic rings. The van der Waals surface area contributed by atoms with E-state index in [1.807, 2.05) is 0 Å². The Balaban J connectivity index is 0.00000280. The van der Waals surface area contributed by atoms with Crippen LogP contribution >= 0.6 is 0 Å². The topological polar surface area (TPSA) is 18.5 Å². The van der Waals surface area contributed by atoms with Crippen LogP contribution in [0.5, 0.6) is 0 Å². The number of aryl methyl sites for hydroxylation is 4. The molecule has 0 spiro atoms. The van der Waals surface area contributed by atoms with Crippen LogP contribution in [0.25, 0.3) is 0 Å². The Labute approximate surface area is 196 Å². The largest absolute Gasteiger partial charge is 0.352 e. The minimum Gasteiger partial charge on any atom is -0.352 e. The Morgan fingerprint density at radius 3 is 2.32 bits per heavy atom. The molecule has 0 amide bonds. The van der Waals surface area contributed by atoms with Crippen LogP contribution in [0.2, 0.25) is 0 Å². The maximum absolute atomic E-state index is 6.51. The van der Waals surface area contributed by atoms with Crippen molar-refractivity contribution in [3.8, 4) is 0 Å². The van der Waals surface area contributed by atoms with Gasteiger partial charge in [0.25, 0.3) is 0 Å². The second kappa shape index (κ2) is 10.5. The van der Waals surface area contributed by atoms with Gasteiger partial charge in [0, 0.05) is 45.2 Å². The Morgan fingerprint density at radius 1 is 1.04 bits per heavy atom. The predicted molar refractivity (Wildman–Crippen MR) is 112 cm³/mol. The van der Waals surface area contributed by atoms with Crippen molar-refractivity contribution >= 4 is 0 Å². The Morgan fingerprint density at radius 2 is 1.71 bits per heavy atom. The monoisotopic (exact) mass is 454 g/mol. The Hall–Kier alpha value is -0.536. The normalized spacial score (nSPS) is 23.1. The molecule has 149 valence electrons. The van der Waals surface area contributed by atoms with Gasteiger partial charge in [0.15, 0.2) is 6.29 Å². The molecular formula is C25H33O2Y-. The third-order valence-corrected chi connectivity index (χ3v) is 5.91. The third-order valence-electron chi connectivity index (χ3n) is 5.91. The van der Waals surface area contributed by atoms with Gasteiger partial charge in [-0.05, 0) is 63.3 Å². The molecule has 1 fully saturated rings. The Kier molecular flexibility index (Phi) is 8.89. The fraction of sp³-hybridized carbons (Fsp3) is 0.480. The molecule has 1 saturated heterocycles. The molecule has 3 rings (SSSR count). The number of hydrogen-bond donors (Lipinski definition) is 0. The van der Waals surface area contributed by atoms with E-state index in [0.717, 1.165) is 19.4 Å². The van der Waals surface area contributed by atoms with Crippen LogP contribution < -0.4 is 0 Å². The van der Waals surface area contributed by atoms with Gasteiger partial charge >= 0.3 is 0 Å². The zero-order chi connectivity index (χ0) is 19.6. The first kappa shape index (κ1) is 23.7. The number of ether oxygens (including phenoxy) is 2. The van der Waals surface area contributed by atoms with Gasteiger partial charge in [0.1, 0.15) is 0 Å². The Bertz CT molecular complexity index is 766. The first-order chi connectivity index (χ1) is 12.9. The number of rotatable bonds is 5. The average Bonchev–Trinajstić information content (AvgIpc) is 2.63. The van der Waals surface area contributed by atoms with Crippen LogP contribution in [0.4, 0.5) is 0 Å². The molecular weight excluding hydrogens is 421 g/mol. The number of benzene rings is 2. The summed E-state index contributed by atoms with van der Waals surface area (Å²) >= 11 is 0. The van der Waals surface area contributed by atoms with E-state index in [1.54, 1.807) is 0 Å². The minimum absolute atomic E-state index is 0. The molecule has 28 heavy (non-hydrogen) atoms. The molecule has 2 nitrogen and oxygen atoms in total. The van der Waals surface area contributed by atoms with Gasteiger partial charge in [-0.25, -0.2) is 0 Å². The van der Waals surface area contributed by atoms with E-state index >= 15 is 0 Å². The van der Waals surface area contributed by atoms with E-state index < -0.39 is 0 Å². The van der Waals surface area contributed by atoms with E-state index in [2.05, 4.69) is 77.9 Å². The molecule has 0 aromatic heterocycles. The fourth-order valence-electron chi connectivity index (χ4n) is 4.21. The van der Waals surface area contributed by atoms with Gasteiger partial charge in [-0.3, -0.25) is 0 Å². The van der Waals surface area contributed by atoms with Crippen molar-refractivity contribution in [1.82, 2.24) is 0 Å². The summed E-state index contributed by atoms with van der Waals surface area (Å²) in [7, 11) is 0. The van der Waals surface area contributed by atoms with E-state index in [-0.39, 0.29) is 51.0 Å². The van der Waals surface area contributed by atoms with Crippen LogP contribution in [0.15, 0.2) is 36.4 Å². The van der Waals surface area contributed by atoms with E-state index in [0.29, 0.717) is 5.92 Å². The molecule has 4 unspecified atom stereocenters. The smallest absolute Gasteiger partial charge is 0.165 e. The molecule has 2 aromatic rings. The van der Waals surface area contributed by atoms with Crippen LogP contribution in [0.1, 0.15) is 65.2 Å². The summed E-state index contributed by atoms with van der Waals surface area (Å²) in [4.78, 5) is 0. The molecule has 1 aliphatic heterocycles. The van der Waals surface area contributed by atoms with Crippen molar-refractivity contribution in [3.63, 3.8) is 0 Å². The van der Waals surface area contributed by atoms with Crippen LogP contribution in [-0.4, -0.2) is 12.9 Å². The molecule has 2 aromatic carbocycles. The van der Waals surface area contributed by atoms with Crippen LogP contribution in [0.3, 0.4) is 0 Å². The molecule has 0 saturated carbocycles. The number of hydrogen-bond acceptors (Lipinski definition) is 2. The fourth-order valence-corrected chi connectivity index (χ4v) is 4.21. The van der Waals surface area contributed by atoms with Crippen molar-refractivity contribution in [3.05, 3.63) is 76.7 Å². The third kappa shape index (κ3) is 5.54. The molecule has 0 bridgehead atoms. The van der Waals surface area contributed by atoms with Crippen molar-refractivity contribution in [2.45, 2.75) is 65.8 Å². The summed E-state index contributed by atoms with van der Waals surface area (Å²) in [6.07, 6.45) is 1.70. The van der Waals surface area contributed by atoms with Gasteiger partial charge in [0.2, 0.25) is 0 Å². The summed E-state index contributed by atoms with van der Waals surface area (Å²) in [6, 6.07) is 13.4. The summed E-state index contributed by atoms with van der Waals surface area (Å²) in [5, 5.41) is 0. The van der Waals surface area contributed by atoms with Gasteiger partial charge in [-0.1, -0.05) is 53.4 Å². The van der Waals surface area contributed by atoms with Crippen LogP contribution in [0, 0.1) is 40.5 Å². The van der Waals surface area contributed by atoms with E-state index in [1.165, 1.54) is 33.4 Å². The average molecular weight is 454 g/mol. The van der Waals surface area contributed by atoms with E-state index in [4.69, 9.17) is 9.47 Å². The second-order valence-corrected chi connectivity index (χ2v) is 8.15.